The molecule has 5 atom stereocenters. The zero-order valence-corrected chi connectivity index (χ0v) is 31.3. The third kappa shape index (κ3) is 7.82. The smallest absolute Gasteiger partial charge is 0.246 e. The molecule has 2 aliphatic heterocycles. The molecule has 0 aliphatic carbocycles. The van der Waals surface area contributed by atoms with Crippen LogP contribution in [0.3, 0.4) is 0 Å². The zero-order valence-electron chi connectivity index (χ0n) is 31.3. The minimum atomic E-state index is -1.32. The highest BCUT2D eigenvalue weighted by molar-refractivity contribution is 5.92. The van der Waals surface area contributed by atoms with Crippen LogP contribution < -0.4 is 16.0 Å². The maximum absolute atomic E-state index is 15.4. The van der Waals surface area contributed by atoms with Crippen LogP contribution >= 0.6 is 0 Å². The summed E-state index contributed by atoms with van der Waals surface area (Å²) in [4.78, 5) is 63.3. The van der Waals surface area contributed by atoms with Crippen molar-refractivity contribution in [3.63, 3.8) is 0 Å². The predicted octanol–water partition coefficient (Wildman–Crippen LogP) is 4.21. The third-order valence-electron chi connectivity index (χ3n) is 10.7. The van der Waals surface area contributed by atoms with Crippen molar-refractivity contribution in [3.8, 4) is 11.5 Å². The molecule has 2 saturated heterocycles. The number of nitrogens with zero attached hydrogens (tertiary/aromatic N) is 4. The second-order valence-electron chi connectivity index (χ2n) is 15.5. The molecule has 6 rings (SSSR count). The number of H-pyrrole nitrogens is 1. The molecule has 2 fully saturated rings. The minimum absolute atomic E-state index is 0.00823. The van der Waals surface area contributed by atoms with Gasteiger partial charge in [0, 0.05) is 42.5 Å². The van der Waals surface area contributed by atoms with Crippen LogP contribution in [-0.4, -0.2) is 105 Å². The van der Waals surface area contributed by atoms with Crippen molar-refractivity contribution in [3.05, 3.63) is 53.6 Å². The van der Waals surface area contributed by atoms with Gasteiger partial charge in [-0.2, -0.15) is 0 Å². The highest BCUT2D eigenvalue weighted by Gasteiger charge is 2.43. The molecule has 0 radical (unpaired) electrons. The molecule has 2 aromatic carbocycles. The number of aromatic nitrogens is 3. The average Bonchev–Trinajstić information content (AvgIpc) is 3.90. The van der Waals surface area contributed by atoms with Gasteiger partial charge < -0.3 is 35.3 Å². The maximum Gasteiger partial charge on any atom is 0.246 e. The van der Waals surface area contributed by atoms with Crippen molar-refractivity contribution in [1.82, 2.24) is 40.3 Å². The summed E-state index contributed by atoms with van der Waals surface area (Å²) in [6.07, 6.45) is 1.52. The maximum atomic E-state index is 15.4. The van der Waals surface area contributed by atoms with Crippen LogP contribution in [0.4, 0.5) is 13.2 Å². The Morgan fingerprint density at radius 1 is 1.06 bits per heavy atom. The van der Waals surface area contributed by atoms with Crippen LogP contribution in [0, 0.1) is 17.0 Å². The number of hydrogen-bond donors (Lipinski definition) is 4. The number of imidazole rings is 1. The van der Waals surface area contributed by atoms with Crippen molar-refractivity contribution >= 4 is 46.1 Å². The van der Waals surface area contributed by atoms with Gasteiger partial charge in [-0.3, -0.25) is 19.2 Å². The van der Waals surface area contributed by atoms with Gasteiger partial charge in [0.15, 0.2) is 5.82 Å². The number of carbonyl (C=O) groups is 4. The molecule has 4 N–H and O–H groups in total. The summed E-state index contributed by atoms with van der Waals surface area (Å²) in [6, 6.07) is 6.16. The van der Waals surface area contributed by atoms with Crippen molar-refractivity contribution in [2.45, 2.75) is 96.7 Å². The van der Waals surface area contributed by atoms with E-state index >= 15 is 4.39 Å². The lowest BCUT2D eigenvalue weighted by molar-refractivity contribution is -0.140. The number of fused-ring (bicyclic) bond motifs is 2. The van der Waals surface area contributed by atoms with Crippen molar-refractivity contribution in [1.29, 1.82) is 0 Å². The lowest BCUT2D eigenvalue weighted by atomic mass is 9.85. The molecule has 0 saturated carbocycles. The van der Waals surface area contributed by atoms with Crippen LogP contribution in [0.2, 0.25) is 0 Å². The van der Waals surface area contributed by atoms with Crippen LogP contribution in [0.25, 0.3) is 33.5 Å². The second kappa shape index (κ2) is 15.8. The fraction of sp³-hybridized carbons (Fsp3) is 0.513. The monoisotopic (exact) mass is 750 g/mol. The summed E-state index contributed by atoms with van der Waals surface area (Å²) in [6.45, 7) is 7.81. The molecular weight excluding hydrogens is 701 g/mol. The van der Waals surface area contributed by atoms with E-state index in [4.69, 9.17) is 4.98 Å². The first-order valence-electron chi connectivity index (χ1n) is 18.6. The first kappa shape index (κ1) is 38.8. The van der Waals surface area contributed by atoms with Crippen molar-refractivity contribution in [2.75, 3.05) is 26.7 Å². The molecule has 15 heteroatoms. The Kier molecular flexibility index (Phi) is 11.4. The first-order chi connectivity index (χ1) is 25.7. The molecule has 4 heterocycles. The third-order valence-corrected chi connectivity index (χ3v) is 10.7. The first-order valence-corrected chi connectivity index (χ1v) is 18.6. The Labute approximate surface area is 312 Å². The van der Waals surface area contributed by atoms with E-state index in [0.717, 1.165) is 17.4 Å². The largest absolute Gasteiger partial charge is 0.352 e. The number of likely N-dealkylation sites (tertiary alicyclic amines) is 2. The van der Waals surface area contributed by atoms with Gasteiger partial charge in [0.05, 0.1) is 35.9 Å². The van der Waals surface area contributed by atoms with Gasteiger partial charge in [-0.25, -0.2) is 18.2 Å². The number of nitrogens with one attached hydrogen (secondary N) is 4. The van der Waals surface area contributed by atoms with E-state index in [9.17, 15) is 28.0 Å². The molecule has 2 aromatic heterocycles. The van der Waals surface area contributed by atoms with Gasteiger partial charge in [-0.05, 0) is 74.0 Å². The molecule has 5 unspecified atom stereocenters. The lowest BCUT2D eigenvalue weighted by Crippen LogP contribution is -2.57. The summed E-state index contributed by atoms with van der Waals surface area (Å²) in [5.41, 5.74) is 2.00. The summed E-state index contributed by atoms with van der Waals surface area (Å²) < 4.78 is 46.6. The Hall–Kier alpha value is -4.92. The molecule has 12 nitrogen and oxygen atoms in total. The number of rotatable bonds is 13. The van der Waals surface area contributed by atoms with Gasteiger partial charge in [-0.1, -0.05) is 27.7 Å². The number of hydrogen-bond acceptors (Lipinski definition) is 6. The summed E-state index contributed by atoms with van der Waals surface area (Å²) in [7, 11) is 1.63. The topological polar surface area (TPSA) is 144 Å². The van der Waals surface area contributed by atoms with Gasteiger partial charge in [0.1, 0.15) is 29.9 Å². The second-order valence-corrected chi connectivity index (χ2v) is 15.5. The van der Waals surface area contributed by atoms with E-state index in [-0.39, 0.29) is 43.9 Å². The molecule has 0 bridgehead atoms. The Morgan fingerprint density at radius 3 is 2.50 bits per heavy atom. The number of halogens is 3. The van der Waals surface area contributed by atoms with Gasteiger partial charge in [-0.15, -0.1) is 0 Å². The normalized spacial score (nSPS) is 20.1. The molecule has 54 heavy (non-hydrogen) atoms. The van der Waals surface area contributed by atoms with Crippen molar-refractivity contribution < 1.29 is 32.3 Å². The van der Waals surface area contributed by atoms with Crippen LogP contribution in [0.1, 0.15) is 58.9 Å². The number of aromatic amines is 1. The number of likely N-dealkylation sites (N-methyl/N-ethyl adjacent to an activating group) is 1. The quantitative estimate of drug-likeness (QED) is 0.151. The Balaban J connectivity index is 1.43. The minimum Gasteiger partial charge on any atom is -0.352 e. The van der Waals surface area contributed by atoms with Crippen LogP contribution in [-0.2, 0) is 32.1 Å². The predicted molar refractivity (Wildman–Crippen MR) is 199 cm³/mol. The number of amides is 4. The lowest BCUT2D eigenvalue weighted by Gasteiger charge is -2.36. The van der Waals surface area contributed by atoms with E-state index in [2.05, 4.69) is 20.9 Å². The van der Waals surface area contributed by atoms with Gasteiger partial charge in [0.25, 0.3) is 0 Å². The van der Waals surface area contributed by atoms with Crippen LogP contribution in [0.5, 0.6) is 0 Å². The fourth-order valence-corrected chi connectivity index (χ4v) is 8.03. The molecular formula is C39H49F3N8O4. The Bertz CT molecular complexity index is 2040. The molecule has 4 aromatic rings. The van der Waals surface area contributed by atoms with Gasteiger partial charge in [0.2, 0.25) is 24.1 Å². The molecule has 0 spiro atoms. The zero-order chi connectivity index (χ0) is 38.9. The standard InChI is InChI=1S/C39H49F3N8O4/c1-6-29(44-21-51)37(53)48-13-7-8-25(48)17-28-27-11-9-22(40)15-30(27)45-34(28)36-46-31-16-23(41)10-12-32(31)50(36)20-26-14-24(42)19-49(26)38(54)35(39(2,3)4)47-33(52)18-43-5/h9-12,15-16,21,24-26,29,35,43,45H,6-8,13-14,17-20H2,1-5H3,(H,44,51)(H,47,52). The summed E-state index contributed by atoms with van der Waals surface area (Å²) >= 11 is 0. The van der Waals surface area contributed by atoms with E-state index in [1.807, 2.05) is 32.3 Å². The average molecular weight is 751 g/mol. The Morgan fingerprint density at radius 2 is 1.80 bits per heavy atom. The summed E-state index contributed by atoms with van der Waals surface area (Å²) in [5, 5.41) is 8.97. The molecule has 4 amide bonds. The molecule has 2 aliphatic rings. The van der Waals surface area contributed by atoms with Gasteiger partial charge >= 0.3 is 0 Å². The fourth-order valence-electron chi connectivity index (χ4n) is 8.03. The highest BCUT2D eigenvalue weighted by atomic mass is 19.1. The molecule has 290 valence electrons. The van der Waals surface area contributed by atoms with E-state index in [1.54, 1.807) is 24.1 Å². The van der Waals surface area contributed by atoms with Crippen LogP contribution in [0.15, 0.2) is 36.4 Å². The van der Waals surface area contributed by atoms with Crippen molar-refractivity contribution in [2.24, 2.45) is 5.41 Å². The number of alkyl halides is 1. The van der Waals surface area contributed by atoms with E-state index in [0.29, 0.717) is 60.3 Å². The van der Waals surface area contributed by atoms with E-state index in [1.165, 1.54) is 29.2 Å². The number of carbonyl (C=O) groups excluding carboxylic acids is 4. The SMILES string of the molecule is CCC(NC=O)C(=O)N1CCCC1Cc1c(-c2nc3cc(F)ccc3n2CC2CC(F)CN2C(=O)C(NC(=O)CNC)C(C)(C)C)[nH]c2cc(F)ccc12. The summed E-state index contributed by atoms with van der Waals surface area (Å²) in [5.74, 6) is -1.51. The number of benzene rings is 2. The van der Waals surface area contributed by atoms with E-state index < -0.39 is 47.3 Å². The highest BCUT2D eigenvalue weighted by Crippen LogP contribution is 2.37.